The lowest BCUT2D eigenvalue weighted by Crippen LogP contribution is -2.48. The van der Waals surface area contributed by atoms with Crippen LogP contribution in [-0.2, 0) is 22.3 Å². The fraction of sp³-hybridized carbons (Fsp3) is 0.333. The second-order valence-electron chi connectivity index (χ2n) is 8.04. The predicted molar refractivity (Wildman–Crippen MR) is 115 cm³/mol. The third-order valence-corrected chi connectivity index (χ3v) is 5.91. The molecule has 2 aromatic carbocycles. The smallest absolute Gasteiger partial charge is 0.395 e. The molecule has 0 radical (unpaired) electrons. The van der Waals surface area contributed by atoms with Crippen molar-refractivity contribution >= 4 is 17.4 Å². The number of carbonyl (C=O) groups excluding carboxylic acids is 2. The third-order valence-electron chi connectivity index (χ3n) is 5.91. The fourth-order valence-electron chi connectivity index (χ4n) is 4.23. The van der Waals surface area contributed by atoms with E-state index in [9.17, 15) is 22.8 Å². The Morgan fingerprint density at radius 3 is 2.21 bits per heavy atom. The van der Waals surface area contributed by atoms with Crippen LogP contribution in [0.3, 0.4) is 0 Å². The zero-order chi connectivity index (χ0) is 23.6. The van der Waals surface area contributed by atoms with E-state index < -0.39 is 23.6 Å². The first kappa shape index (κ1) is 23.0. The summed E-state index contributed by atoms with van der Waals surface area (Å²) in [6, 6.07) is 13.5. The fourth-order valence-corrected chi connectivity index (χ4v) is 4.23. The Hall–Kier alpha value is -3.17. The van der Waals surface area contributed by atoms with E-state index in [0.717, 1.165) is 17.0 Å². The Bertz CT molecular complexity index is 1060. The number of benzene rings is 2. The average molecular weight is 459 g/mol. The summed E-state index contributed by atoms with van der Waals surface area (Å²) in [5.41, 5.74) is 0.545. The van der Waals surface area contributed by atoms with Gasteiger partial charge in [0.05, 0.1) is 24.3 Å². The van der Waals surface area contributed by atoms with E-state index in [-0.39, 0.29) is 30.0 Å². The van der Waals surface area contributed by atoms with Crippen LogP contribution in [0.5, 0.6) is 0 Å². The number of β-amino-alcohol motifs (C(OH)–C–C–N with tert-alkyl or cyclic N) is 1. The summed E-state index contributed by atoms with van der Waals surface area (Å²) < 4.78 is 39.4. The van der Waals surface area contributed by atoms with Gasteiger partial charge in [-0.2, -0.15) is 13.2 Å². The van der Waals surface area contributed by atoms with Crippen molar-refractivity contribution in [3.8, 4) is 0 Å². The number of imide groups is 1. The molecule has 0 atom stereocenters. The van der Waals surface area contributed by atoms with E-state index in [0.29, 0.717) is 38.3 Å². The SMILES string of the molecule is O=C1C(c2ccccc2)=C(N2CCN(CCO)CC2)C(=O)N1Cc1cccc(C(F)(F)F)c1. The summed E-state index contributed by atoms with van der Waals surface area (Å²) in [7, 11) is 0. The molecule has 9 heteroatoms. The summed E-state index contributed by atoms with van der Waals surface area (Å²) >= 11 is 0. The van der Waals surface area contributed by atoms with E-state index in [4.69, 9.17) is 5.11 Å². The number of aliphatic hydroxyl groups excluding tert-OH is 1. The normalized spacial score (nSPS) is 17.9. The number of carbonyl (C=O) groups is 2. The van der Waals surface area contributed by atoms with Gasteiger partial charge in [0, 0.05) is 32.7 Å². The van der Waals surface area contributed by atoms with Gasteiger partial charge in [0.1, 0.15) is 5.70 Å². The van der Waals surface area contributed by atoms with Gasteiger partial charge in [0.2, 0.25) is 0 Å². The topological polar surface area (TPSA) is 64.1 Å². The van der Waals surface area contributed by atoms with Gasteiger partial charge < -0.3 is 10.0 Å². The molecule has 2 amide bonds. The number of hydrogen-bond donors (Lipinski definition) is 1. The molecular weight excluding hydrogens is 435 g/mol. The Morgan fingerprint density at radius 1 is 0.879 bits per heavy atom. The molecule has 2 aromatic rings. The first-order chi connectivity index (χ1) is 15.8. The van der Waals surface area contributed by atoms with Crippen LogP contribution >= 0.6 is 0 Å². The molecule has 0 aromatic heterocycles. The van der Waals surface area contributed by atoms with Gasteiger partial charge in [-0.3, -0.25) is 19.4 Å². The highest BCUT2D eigenvalue weighted by atomic mass is 19.4. The zero-order valence-electron chi connectivity index (χ0n) is 17.9. The van der Waals surface area contributed by atoms with Crippen LogP contribution in [0.4, 0.5) is 13.2 Å². The van der Waals surface area contributed by atoms with Crippen molar-refractivity contribution < 1.29 is 27.9 Å². The van der Waals surface area contributed by atoms with Gasteiger partial charge in [0.25, 0.3) is 11.8 Å². The number of rotatable bonds is 6. The predicted octanol–water partition coefficient (Wildman–Crippen LogP) is 2.60. The number of amides is 2. The molecule has 0 saturated carbocycles. The van der Waals surface area contributed by atoms with Crippen molar-refractivity contribution in [2.45, 2.75) is 12.7 Å². The summed E-state index contributed by atoms with van der Waals surface area (Å²) in [5.74, 6) is -1.02. The van der Waals surface area contributed by atoms with Gasteiger partial charge in [-0.05, 0) is 23.3 Å². The number of halogens is 3. The largest absolute Gasteiger partial charge is 0.416 e. The number of piperazine rings is 1. The maximum atomic E-state index is 13.4. The lowest BCUT2D eigenvalue weighted by atomic mass is 10.0. The maximum absolute atomic E-state index is 13.4. The Balaban J connectivity index is 1.64. The highest BCUT2D eigenvalue weighted by Crippen LogP contribution is 2.34. The molecule has 1 N–H and O–H groups in total. The van der Waals surface area contributed by atoms with Crippen LogP contribution < -0.4 is 0 Å². The number of aliphatic hydroxyl groups is 1. The van der Waals surface area contributed by atoms with Gasteiger partial charge in [-0.15, -0.1) is 0 Å². The Labute approximate surface area is 189 Å². The van der Waals surface area contributed by atoms with Crippen LogP contribution in [0.2, 0.25) is 0 Å². The van der Waals surface area contributed by atoms with E-state index >= 15 is 0 Å². The lowest BCUT2D eigenvalue weighted by Gasteiger charge is -2.36. The first-order valence-corrected chi connectivity index (χ1v) is 10.7. The van der Waals surface area contributed by atoms with Crippen LogP contribution in [0.15, 0.2) is 60.3 Å². The molecule has 2 aliphatic heterocycles. The van der Waals surface area contributed by atoms with Crippen molar-refractivity contribution in [2.24, 2.45) is 0 Å². The Kier molecular flexibility index (Phi) is 6.53. The molecule has 2 heterocycles. The molecule has 0 unspecified atom stereocenters. The van der Waals surface area contributed by atoms with Gasteiger partial charge in [-0.25, -0.2) is 0 Å². The summed E-state index contributed by atoms with van der Waals surface area (Å²) in [6.45, 7) is 2.59. The molecule has 33 heavy (non-hydrogen) atoms. The second kappa shape index (κ2) is 9.36. The number of nitrogens with zero attached hydrogens (tertiary/aromatic N) is 3. The van der Waals surface area contributed by atoms with Crippen molar-refractivity contribution in [1.82, 2.24) is 14.7 Å². The van der Waals surface area contributed by atoms with Crippen molar-refractivity contribution in [1.29, 1.82) is 0 Å². The second-order valence-corrected chi connectivity index (χ2v) is 8.04. The summed E-state index contributed by atoms with van der Waals surface area (Å²) in [4.78, 5) is 31.8. The minimum atomic E-state index is -4.51. The molecule has 1 fully saturated rings. The van der Waals surface area contributed by atoms with Crippen LogP contribution in [0, 0.1) is 0 Å². The highest BCUT2D eigenvalue weighted by molar-refractivity contribution is 6.35. The van der Waals surface area contributed by atoms with E-state index in [1.807, 2.05) is 4.90 Å². The highest BCUT2D eigenvalue weighted by Gasteiger charge is 2.42. The molecule has 6 nitrogen and oxygen atoms in total. The van der Waals surface area contributed by atoms with Crippen LogP contribution in [0.25, 0.3) is 5.57 Å². The molecule has 2 aliphatic rings. The standard InChI is InChI=1S/C24H24F3N3O3/c25-24(26,27)19-8-4-5-17(15-19)16-30-22(32)20(18-6-2-1-3-7-18)21(23(30)33)29-11-9-28(10-12-29)13-14-31/h1-8,15,31H,9-14,16H2. The van der Waals surface area contributed by atoms with Crippen LogP contribution in [0.1, 0.15) is 16.7 Å². The molecular formula is C24H24F3N3O3. The van der Waals surface area contributed by atoms with Crippen LogP contribution in [-0.4, -0.2) is 71.0 Å². The third kappa shape index (κ3) is 4.79. The maximum Gasteiger partial charge on any atom is 0.416 e. The van der Waals surface area contributed by atoms with E-state index in [1.54, 1.807) is 30.3 Å². The van der Waals surface area contributed by atoms with Gasteiger partial charge in [-0.1, -0.05) is 42.5 Å². The molecule has 1 saturated heterocycles. The van der Waals surface area contributed by atoms with Gasteiger partial charge >= 0.3 is 6.18 Å². The number of alkyl halides is 3. The van der Waals surface area contributed by atoms with Crippen molar-refractivity contribution in [3.63, 3.8) is 0 Å². The van der Waals surface area contributed by atoms with Crippen molar-refractivity contribution in [3.05, 3.63) is 77.0 Å². The lowest BCUT2D eigenvalue weighted by molar-refractivity contribution is -0.138. The summed E-state index contributed by atoms with van der Waals surface area (Å²) in [6.07, 6.45) is -4.51. The zero-order valence-corrected chi connectivity index (χ0v) is 17.9. The average Bonchev–Trinajstić information content (AvgIpc) is 3.05. The quantitative estimate of drug-likeness (QED) is 0.673. The minimum absolute atomic E-state index is 0.0418. The molecule has 0 bridgehead atoms. The number of hydrogen-bond acceptors (Lipinski definition) is 5. The van der Waals surface area contributed by atoms with E-state index in [2.05, 4.69) is 4.90 Å². The minimum Gasteiger partial charge on any atom is -0.395 e. The van der Waals surface area contributed by atoms with Crippen molar-refractivity contribution in [2.75, 3.05) is 39.3 Å². The Morgan fingerprint density at radius 2 is 1.58 bits per heavy atom. The molecule has 4 rings (SSSR count). The van der Waals surface area contributed by atoms with Gasteiger partial charge in [0.15, 0.2) is 0 Å². The first-order valence-electron chi connectivity index (χ1n) is 10.7. The monoisotopic (exact) mass is 459 g/mol. The van der Waals surface area contributed by atoms with E-state index in [1.165, 1.54) is 12.1 Å². The molecule has 174 valence electrons. The molecule has 0 aliphatic carbocycles. The summed E-state index contributed by atoms with van der Waals surface area (Å²) in [5, 5.41) is 9.17. The molecule has 0 spiro atoms.